The van der Waals surface area contributed by atoms with Crippen LogP contribution >= 0.6 is 22.9 Å². The molecule has 3 rings (SSSR count). The fourth-order valence-electron chi connectivity index (χ4n) is 1.78. The van der Waals surface area contributed by atoms with Crippen LogP contribution in [-0.2, 0) is 0 Å². The summed E-state index contributed by atoms with van der Waals surface area (Å²) < 4.78 is 0. The van der Waals surface area contributed by atoms with Gasteiger partial charge in [-0.15, -0.1) is 11.3 Å². The van der Waals surface area contributed by atoms with Crippen molar-refractivity contribution in [1.29, 1.82) is 0 Å². The predicted octanol–water partition coefficient (Wildman–Crippen LogP) is 1.74. The molecule has 0 aliphatic rings. The van der Waals surface area contributed by atoms with Crippen molar-refractivity contribution in [1.82, 2.24) is 15.2 Å². The van der Waals surface area contributed by atoms with Gasteiger partial charge in [-0.1, -0.05) is 30.3 Å². The summed E-state index contributed by atoms with van der Waals surface area (Å²) in [5, 5.41) is 12.4. The van der Waals surface area contributed by atoms with Crippen molar-refractivity contribution in [2.24, 2.45) is 0 Å². The van der Waals surface area contributed by atoms with Gasteiger partial charge >= 0.3 is 0 Å². The summed E-state index contributed by atoms with van der Waals surface area (Å²) in [4.78, 5) is 16.0. The van der Waals surface area contributed by atoms with Gasteiger partial charge in [0.1, 0.15) is 0 Å². The maximum atomic E-state index is 11.5. The van der Waals surface area contributed by atoms with Gasteiger partial charge in [0, 0.05) is 22.2 Å². The Labute approximate surface area is 128 Å². The molecule has 0 radical (unpaired) electrons. The number of hydrogen-bond donors (Lipinski definition) is 3. The standard InChI is InChI=1S/C14H11ClN4OS/c1-8-11(13(20)19-18-8)6-16-14-17-12(7-21-14)9-2-4-10(15)5-3-9/h2-7,18H,1H2,(H,16,17)(H,19,20)/b11-6-. The first-order valence-corrected chi connectivity index (χ1v) is 7.33. The van der Waals surface area contributed by atoms with E-state index in [1.54, 1.807) is 6.20 Å². The molecule has 2 heterocycles. The first-order valence-electron chi connectivity index (χ1n) is 6.07. The lowest BCUT2D eigenvalue weighted by atomic mass is 10.2. The van der Waals surface area contributed by atoms with Crippen molar-refractivity contribution in [2.75, 3.05) is 5.32 Å². The summed E-state index contributed by atoms with van der Waals surface area (Å²) in [6.45, 7) is 3.73. The van der Waals surface area contributed by atoms with Crippen LogP contribution in [0.2, 0.25) is 5.02 Å². The Morgan fingerprint density at radius 2 is 2.05 bits per heavy atom. The first-order chi connectivity index (χ1) is 10.1. The van der Waals surface area contributed by atoms with E-state index in [1.807, 2.05) is 29.6 Å². The molecule has 0 unspecified atom stereocenters. The van der Waals surface area contributed by atoms with Gasteiger partial charge in [0.15, 0.2) is 5.13 Å². The molecule has 3 N–H and O–H groups in total. The van der Waals surface area contributed by atoms with E-state index in [0.717, 1.165) is 11.3 Å². The zero-order valence-corrected chi connectivity index (χ0v) is 12.4. The monoisotopic (exact) mass is 318 g/mol. The van der Waals surface area contributed by atoms with Crippen LogP contribution in [0.4, 0.5) is 5.13 Å². The number of anilines is 1. The number of rotatable bonds is 3. The Morgan fingerprint density at radius 3 is 2.71 bits per heavy atom. The van der Waals surface area contributed by atoms with Gasteiger partial charge < -0.3 is 5.32 Å². The lowest BCUT2D eigenvalue weighted by Gasteiger charge is -1.96. The second-order valence-corrected chi connectivity index (χ2v) is 5.60. The van der Waals surface area contributed by atoms with Crippen molar-refractivity contribution < 1.29 is 0 Å². The van der Waals surface area contributed by atoms with Crippen LogP contribution in [0.25, 0.3) is 24.0 Å². The number of hydrogen-bond acceptors (Lipinski definition) is 4. The predicted molar refractivity (Wildman–Crippen MR) is 86.8 cm³/mol. The molecular formula is C14H11ClN4OS. The third-order valence-corrected chi connectivity index (χ3v) is 3.91. The van der Waals surface area contributed by atoms with E-state index < -0.39 is 0 Å². The van der Waals surface area contributed by atoms with Gasteiger partial charge in [-0.2, -0.15) is 0 Å². The van der Waals surface area contributed by atoms with E-state index in [9.17, 15) is 4.79 Å². The molecule has 0 aliphatic heterocycles. The van der Waals surface area contributed by atoms with E-state index in [1.165, 1.54) is 11.3 Å². The largest absolute Gasteiger partial charge is 0.337 e. The minimum atomic E-state index is -0.220. The maximum absolute atomic E-state index is 11.5. The Bertz CT molecular complexity index is 893. The number of H-pyrrole nitrogens is 2. The molecule has 7 heteroatoms. The average Bonchev–Trinajstić information content (AvgIpc) is 3.06. The molecule has 1 aromatic carbocycles. The normalized spacial score (nSPS) is 11.8. The van der Waals surface area contributed by atoms with Crippen LogP contribution in [0.5, 0.6) is 0 Å². The number of nitrogens with zero attached hydrogens (tertiary/aromatic N) is 1. The number of halogens is 1. The number of thiazole rings is 1. The zero-order valence-electron chi connectivity index (χ0n) is 10.8. The molecule has 106 valence electrons. The van der Waals surface area contributed by atoms with Crippen molar-refractivity contribution in [3.05, 3.63) is 55.6 Å². The molecule has 5 nitrogen and oxygen atoms in total. The van der Waals surface area contributed by atoms with Gasteiger partial charge in [-0.3, -0.25) is 15.0 Å². The smallest absolute Gasteiger partial charge is 0.273 e. The van der Waals surface area contributed by atoms with Gasteiger partial charge in [-0.05, 0) is 12.1 Å². The number of aromatic amines is 2. The topological polar surface area (TPSA) is 73.6 Å². The molecule has 0 atom stereocenters. The zero-order chi connectivity index (χ0) is 14.8. The highest BCUT2D eigenvalue weighted by Gasteiger charge is 2.03. The van der Waals surface area contributed by atoms with Gasteiger partial charge in [-0.25, -0.2) is 4.98 Å². The number of nitrogens with one attached hydrogen (secondary N) is 3. The summed E-state index contributed by atoms with van der Waals surface area (Å²) in [7, 11) is 0. The van der Waals surface area contributed by atoms with E-state index in [4.69, 9.17) is 11.6 Å². The van der Waals surface area contributed by atoms with Crippen LogP contribution in [0.15, 0.2) is 34.4 Å². The molecule has 0 aliphatic carbocycles. The Balaban J connectivity index is 1.86. The van der Waals surface area contributed by atoms with Crippen LogP contribution in [0.1, 0.15) is 0 Å². The minimum absolute atomic E-state index is 0.220. The Kier molecular flexibility index (Phi) is 3.64. The van der Waals surface area contributed by atoms with E-state index in [0.29, 0.717) is 20.7 Å². The maximum Gasteiger partial charge on any atom is 0.273 e. The van der Waals surface area contributed by atoms with Gasteiger partial charge in [0.25, 0.3) is 5.56 Å². The van der Waals surface area contributed by atoms with Crippen LogP contribution < -0.4 is 21.4 Å². The molecule has 0 spiro atoms. The van der Waals surface area contributed by atoms with Crippen LogP contribution in [0, 0.1) is 0 Å². The third kappa shape index (κ3) is 2.91. The Hall–Kier alpha value is -2.31. The van der Waals surface area contributed by atoms with E-state index in [2.05, 4.69) is 27.1 Å². The number of aromatic nitrogens is 3. The highest BCUT2D eigenvalue weighted by molar-refractivity contribution is 7.14. The summed E-state index contributed by atoms with van der Waals surface area (Å²) in [6.07, 6.45) is 1.59. The van der Waals surface area contributed by atoms with Crippen molar-refractivity contribution in [3.8, 4) is 11.3 Å². The third-order valence-electron chi connectivity index (χ3n) is 2.88. The second-order valence-electron chi connectivity index (χ2n) is 4.30. The Morgan fingerprint density at radius 1 is 1.29 bits per heavy atom. The minimum Gasteiger partial charge on any atom is -0.337 e. The highest BCUT2D eigenvalue weighted by Crippen LogP contribution is 2.25. The summed E-state index contributed by atoms with van der Waals surface area (Å²) in [5.41, 5.74) is 1.62. The summed E-state index contributed by atoms with van der Waals surface area (Å²) in [5.74, 6) is 0. The first kappa shape index (κ1) is 13.7. The second kappa shape index (κ2) is 5.59. The molecule has 0 saturated heterocycles. The summed E-state index contributed by atoms with van der Waals surface area (Å²) in [6, 6.07) is 7.47. The number of benzene rings is 1. The fraction of sp³-hybridized carbons (Fsp3) is 0. The summed E-state index contributed by atoms with van der Waals surface area (Å²) >= 11 is 7.32. The molecule has 0 fully saturated rings. The molecule has 2 aromatic heterocycles. The average molecular weight is 319 g/mol. The quantitative estimate of drug-likeness (QED) is 0.688. The van der Waals surface area contributed by atoms with Crippen molar-refractivity contribution in [3.63, 3.8) is 0 Å². The van der Waals surface area contributed by atoms with Crippen LogP contribution in [0.3, 0.4) is 0 Å². The lowest BCUT2D eigenvalue weighted by molar-refractivity contribution is 1.04. The van der Waals surface area contributed by atoms with Gasteiger partial charge in [0.2, 0.25) is 0 Å². The lowest BCUT2D eigenvalue weighted by Crippen LogP contribution is -2.33. The van der Waals surface area contributed by atoms with Crippen LogP contribution in [-0.4, -0.2) is 15.2 Å². The SMILES string of the molecule is C=c1[nH][nH]c(=O)/c1=C\Nc1nc(-c2ccc(Cl)cc2)cs1. The molecule has 0 amide bonds. The molecule has 0 saturated carbocycles. The van der Waals surface area contributed by atoms with Gasteiger partial charge in [0.05, 0.1) is 16.3 Å². The molecular weight excluding hydrogens is 308 g/mol. The molecule has 0 bridgehead atoms. The van der Waals surface area contributed by atoms with E-state index in [-0.39, 0.29) is 5.56 Å². The van der Waals surface area contributed by atoms with Crippen molar-refractivity contribution >= 4 is 40.8 Å². The molecule has 3 aromatic rings. The fourth-order valence-corrected chi connectivity index (χ4v) is 2.60. The molecule has 21 heavy (non-hydrogen) atoms. The van der Waals surface area contributed by atoms with Crippen molar-refractivity contribution in [2.45, 2.75) is 0 Å². The van der Waals surface area contributed by atoms with E-state index >= 15 is 0 Å². The highest BCUT2D eigenvalue weighted by atomic mass is 35.5.